The van der Waals surface area contributed by atoms with E-state index in [1.165, 1.54) is 90.1 Å². The van der Waals surface area contributed by atoms with Gasteiger partial charge < -0.3 is 64.1 Å². The van der Waals surface area contributed by atoms with Crippen LogP contribution in [0.2, 0.25) is 4.34 Å². The second-order valence-corrected chi connectivity index (χ2v) is 33.9. The minimum Gasteiger partial charge on any atom is -0.472 e. The van der Waals surface area contributed by atoms with E-state index in [-0.39, 0.29) is 48.8 Å². The molecular weight excluding hydrogens is 1840 g/mol. The molecule has 0 saturated carbocycles. The summed E-state index contributed by atoms with van der Waals surface area (Å²) in [6.07, 6.45) is 12.9. The number of primary amides is 5. The molecule has 37 nitrogen and oxygen atoms in total. The molecule has 41 heteroatoms. The summed E-state index contributed by atoms with van der Waals surface area (Å²) in [6, 6.07) is 50.6. The van der Waals surface area contributed by atoms with Gasteiger partial charge in [0.15, 0.2) is 5.76 Å². The van der Waals surface area contributed by atoms with E-state index in [0.717, 1.165) is 43.8 Å². The van der Waals surface area contributed by atoms with Gasteiger partial charge in [-0.3, -0.25) is 95.3 Å². The summed E-state index contributed by atoms with van der Waals surface area (Å²) in [5.41, 5.74) is 36.5. The third-order valence-electron chi connectivity index (χ3n) is 20.3. The number of amides is 10. The number of nitrogens with one attached hydrogen (secondary N) is 5. The highest BCUT2D eigenvalue weighted by atomic mass is 35.5. The number of furan rings is 2. The van der Waals surface area contributed by atoms with E-state index < -0.39 is 118 Å². The number of aromatic nitrogens is 10. The predicted octanol–water partition coefficient (Wildman–Crippen LogP) is 7.75. The van der Waals surface area contributed by atoms with Crippen molar-refractivity contribution in [2.75, 3.05) is 0 Å². The van der Waals surface area contributed by atoms with Crippen molar-refractivity contribution >= 4 is 134 Å². The highest BCUT2D eigenvalue weighted by Crippen LogP contribution is 2.35. The molecule has 10 heterocycles. The van der Waals surface area contributed by atoms with Gasteiger partial charge in [-0.15, -0.1) is 22.7 Å². The standard InChI is InChI=1S/C20H20N4O3S.C19H17ClN4O3S.2C19H18N4O4.C19H18N4O3S/c1-12-8-16(28-11-12)17-14(10-24(2)23-17)20(27)22-15(18(25)19(21)26)9-13-6-4-3-5-7-13;1-24-10-13(15(23-24)12-7-8-28-17(12)20)19(27)22-14(16(25)18(21)26)9-11-5-3-2-4-6-11;1-23-11-13(16(22-23)15-8-5-9-27-15)19(26)21-14(17(24)18(20)25)10-12-6-3-2-4-7-12;2*1-23-10-14(16(22-23)13-7-8-27-11-13)19(26)21-15(17(24)18(20)25)9-12-5-3-2-4-6-12/h3-8,10-11,15H,9H2,1-2H3,(H2,21,26)(H,22,27);2-8,10,14H,9H2,1H3,(H2,21,26)(H,22,27);2-9,11,14H,10H2,1H3,(H2,20,25)(H,21,26);2*2-8,10-11,15H,9H2,1H3,(H2,20,25)(H,21,26). The molecule has 0 bridgehead atoms. The van der Waals surface area contributed by atoms with Crippen LogP contribution in [0, 0.1) is 6.92 Å². The predicted molar refractivity (Wildman–Crippen MR) is 509 cm³/mol. The number of carbonyl (C=O) groups is 15. The Balaban J connectivity index is 0.000000164. The number of thiophene rings is 3. The maximum absolute atomic E-state index is 12.9. The molecule has 10 aromatic heterocycles. The van der Waals surface area contributed by atoms with Crippen molar-refractivity contribution in [2.45, 2.75) is 69.2 Å². The normalized spacial score (nSPS) is 11.8. The summed E-state index contributed by atoms with van der Waals surface area (Å²) in [5, 5.41) is 42.2. The Morgan fingerprint density at radius 3 is 0.949 bits per heavy atom. The first kappa shape index (κ1) is 101. The molecule has 15 N–H and O–H groups in total. The number of nitrogens with zero attached hydrogens (tertiary/aromatic N) is 10. The lowest BCUT2D eigenvalue weighted by atomic mass is 10.0. The van der Waals surface area contributed by atoms with Crippen molar-refractivity contribution in [3.63, 3.8) is 0 Å². The van der Waals surface area contributed by atoms with Crippen LogP contribution in [0.3, 0.4) is 0 Å². The Morgan fingerprint density at radius 2 is 0.664 bits per heavy atom. The van der Waals surface area contributed by atoms with E-state index in [1.807, 2.05) is 114 Å². The molecule has 5 unspecified atom stereocenters. The number of ketones is 5. The molecule has 15 aromatic rings. The van der Waals surface area contributed by atoms with Crippen LogP contribution < -0.4 is 55.3 Å². The van der Waals surface area contributed by atoms with Gasteiger partial charge in [0.1, 0.15) is 63.0 Å². The monoisotopic (exact) mass is 1930 g/mol. The average Bonchev–Trinajstić information content (AvgIpc) is 1.70. The van der Waals surface area contributed by atoms with E-state index in [9.17, 15) is 71.9 Å². The van der Waals surface area contributed by atoms with E-state index in [1.54, 1.807) is 155 Å². The molecule has 0 aliphatic rings. The fraction of sp³-hybridized carbons (Fsp3) is 0.167. The Hall–Kier alpha value is -16.9. The van der Waals surface area contributed by atoms with Gasteiger partial charge in [-0.25, -0.2) is 0 Å². The molecule has 0 fully saturated rings. The number of hydrogen-bond donors (Lipinski definition) is 10. The number of nitrogens with two attached hydrogens (primary N) is 5. The number of hydrogen-bond acceptors (Lipinski definition) is 25. The first-order valence-electron chi connectivity index (χ1n) is 41.6. The van der Waals surface area contributed by atoms with Crippen LogP contribution >= 0.6 is 45.6 Å². The molecule has 10 amide bonds. The van der Waals surface area contributed by atoms with Gasteiger partial charge in [0.2, 0.25) is 28.9 Å². The molecular formula is C96H91ClN20O17S3. The summed E-state index contributed by atoms with van der Waals surface area (Å²) in [4.78, 5) is 183. The molecule has 5 atom stereocenters. The van der Waals surface area contributed by atoms with E-state index >= 15 is 0 Å². The topological polar surface area (TPSA) is 562 Å². The first-order chi connectivity index (χ1) is 65.6. The van der Waals surface area contributed by atoms with Crippen LogP contribution in [0.5, 0.6) is 0 Å². The molecule has 0 aliphatic heterocycles. The number of aryl methyl sites for hydroxylation is 6. The van der Waals surface area contributed by atoms with Crippen molar-refractivity contribution in [1.29, 1.82) is 0 Å². The van der Waals surface area contributed by atoms with Crippen LogP contribution in [-0.2, 0) is 115 Å². The smallest absolute Gasteiger partial charge is 0.287 e. The summed E-state index contributed by atoms with van der Waals surface area (Å²) >= 11 is 10.5. The lowest BCUT2D eigenvalue weighted by Gasteiger charge is -2.16. The number of halogens is 1. The van der Waals surface area contributed by atoms with Gasteiger partial charge in [-0.2, -0.15) is 36.8 Å². The summed E-state index contributed by atoms with van der Waals surface area (Å²) in [5.74, 6) is -11.9. The Bertz CT molecular complexity index is 6450. The highest BCUT2D eigenvalue weighted by molar-refractivity contribution is 7.15. The van der Waals surface area contributed by atoms with Crippen molar-refractivity contribution in [2.24, 2.45) is 63.9 Å². The van der Waals surface area contributed by atoms with Crippen LogP contribution in [0.25, 0.3) is 55.8 Å². The van der Waals surface area contributed by atoms with Gasteiger partial charge >= 0.3 is 0 Å². The van der Waals surface area contributed by atoms with Crippen LogP contribution in [-0.4, -0.2) is 167 Å². The summed E-state index contributed by atoms with van der Waals surface area (Å²) in [6.45, 7) is 1.96. The van der Waals surface area contributed by atoms with Crippen molar-refractivity contribution in [3.8, 4) is 55.8 Å². The Morgan fingerprint density at radius 1 is 0.350 bits per heavy atom. The van der Waals surface area contributed by atoms with Gasteiger partial charge in [-0.1, -0.05) is 163 Å². The maximum atomic E-state index is 12.9. The molecule has 702 valence electrons. The summed E-state index contributed by atoms with van der Waals surface area (Å²) < 4.78 is 18.4. The first-order valence-corrected chi connectivity index (χ1v) is 44.6. The van der Waals surface area contributed by atoms with Crippen LogP contribution in [0.4, 0.5) is 0 Å². The SMILES string of the molecule is Cc1csc(-c2nn(C)cc2C(=O)NC(Cc2ccccc2)C(=O)C(N)=O)c1.Cn1cc(C(=O)NC(Cc2ccccc2)C(=O)C(N)=O)c(-c2ccco2)n1.Cn1cc(C(=O)NC(Cc2ccccc2)C(=O)C(N)=O)c(-c2ccoc2)n1.Cn1cc(C(=O)NC(Cc2ccccc2)C(=O)C(N)=O)c(-c2ccsc2)n1.Cn1cc(C(=O)NC(Cc2ccccc2)C(=O)C(N)=O)c(-c2ccsc2Cl)n1. The van der Waals surface area contributed by atoms with E-state index in [0.29, 0.717) is 60.8 Å². The number of Topliss-reactive ketones (excluding diaryl/α,β-unsaturated/α-hetero) is 5. The molecule has 0 aliphatic carbocycles. The number of rotatable bonds is 35. The molecule has 0 saturated heterocycles. The zero-order valence-electron chi connectivity index (χ0n) is 74.2. The third kappa shape index (κ3) is 27.7. The van der Waals surface area contributed by atoms with Crippen LogP contribution in [0.1, 0.15) is 85.2 Å². The quantitative estimate of drug-likeness (QED) is 0.0170. The zero-order valence-corrected chi connectivity index (χ0v) is 77.4. The molecule has 0 spiro atoms. The average molecular weight is 1930 g/mol. The van der Waals surface area contributed by atoms with Crippen molar-refractivity contribution < 1.29 is 80.8 Å². The number of benzene rings is 5. The lowest BCUT2D eigenvalue weighted by molar-refractivity contribution is -0.137. The lowest BCUT2D eigenvalue weighted by Crippen LogP contribution is -2.47. The summed E-state index contributed by atoms with van der Waals surface area (Å²) in [7, 11) is 8.45. The third-order valence-corrected chi connectivity index (χ3v) is 23.2. The van der Waals surface area contributed by atoms with Crippen molar-refractivity contribution in [1.82, 2.24) is 75.5 Å². The Labute approximate surface area is 798 Å². The van der Waals surface area contributed by atoms with Gasteiger partial charge in [0.05, 0.1) is 51.5 Å². The van der Waals surface area contributed by atoms with E-state index in [2.05, 4.69) is 52.1 Å². The van der Waals surface area contributed by atoms with Gasteiger partial charge in [0.25, 0.3) is 59.1 Å². The van der Waals surface area contributed by atoms with E-state index in [4.69, 9.17) is 49.1 Å². The zero-order chi connectivity index (χ0) is 98.7. The molecule has 5 aromatic carbocycles. The van der Waals surface area contributed by atoms with Gasteiger partial charge in [-0.05, 0) is 92.8 Å². The second-order valence-electron chi connectivity index (χ2n) is 30.6. The molecule has 15 rings (SSSR count). The fourth-order valence-corrected chi connectivity index (χ4v) is 16.3. The van der Waals surface area contributed by atoms with Crippen molar-refractivity contribution in [3.05, 3.63) is 325 Å². The fourth-order valence-electron chi connectivity index (χ4n) is 13.8. The minimum atomic E-state index is -1.10. The van der Waals surface area contributed by atoms with Gasteiger partial charge in [0, 0.05) is 120 Å². The molecule has 137 heavy (non-hydrogen) atoms. The Kier molecular flexibility index (Phi) is 34.9. The minimum absolute atomic E-state index is 0.142. The van der Waals surface area contributed by atoms with Crippen LogP contribution in [0.15, 0.2) is 268 Å². The number of carbonyl (C=O) groups excluding carboxylic acids is 15. The molecule has 0 radical (unpaired) electrons. The highest BCUT2D eigenvalue weighted by Gasteiger charge is 2.35. The maximum Gasteiger partial charge on any atom is 0.287 e. The largest absolute Gasteiger partial charge is 0.472 e. The second kappa shape index (κ2) is 47.5.